The Morgan fingerprint density at radius 1 is 1.14 bits per heavy atom. The molecule has 5 nitrogen and oxygen atoms in total. The highest BCUT2D eigenvalue weighted by Gasteiger charge is 2.24. The number of carbonyl (C=O) groups is 1. The molecule has 0 N–H and O–H groups in total. The highest BCUT2D eigenvalue weighted by Crippen LogP contribution is 2.38. The van der Waals surface area contributed by atoms with Crippen LogP contribution in [0.4, 0.5) is 0 Å². The van der Waals surface area contributed by atoms with Crippen molar-refractivity contribution in [2.24, 2.45) is 5.92 Å². The molecule has 1 aliphatic rings. The predicted molar refractivity (Wildman–Crippen MR) is 80.4 cm³/mol. The first-order valence-corrected chi connectivity index (χ1v) is 7.20. The van der Waals surface area contributed by atoms with Gasteiger partial charge in [-0.3, -0.25) is 4.79 Å². The summed E-state index contributed by atoms with van der Waals surface area (Å²) in [6.07, 6.45) is 2.23. The van der Waals surface area contributed by atoms with Crippen LogP contribution >= 0.6 is 0 Å². The molecule has 0 unspecified atom stereocenters. The third kappa shape index (κ3) is 3.23. The topological polar surface area (TPSA) is 48.0 Å². The van der Waals surface area contributed by atoms with Crippen LogP contribution in [0.5, 0.6) is 17.2 Å². The number of hydrogen-bond acceptors (Lipinski definition) is 4. The normalized spacial score (nSPS) is 18.3. The number of likely N-dealkylation sites (tertiary alicyclic amines) is 1. The number of hydrogen-bond donors (Lipinski definition) is 0. The van der Waals surface area contributed by atoms with Crippen LogP contribution < -0.4 is 14.2 Å². The highest BCUT2D eigenvalue weighted by molar-refractivity contribution is 5.95. The van der Waals surface area contributed by atoms with Gasteiger partial charge in [-0.2, -0.15) is 0 Å². The van der Waals surface area contributed by atoms with Crippen molar-refractivity contribution in [1.82, 2.24) is 4.90 Å². The number of methoxy groups -OCH3 is 3. The number of ether oxygens (including phenoxy) is 3. The van der Waals surface area contributed by atoms with Gasteiger partial charge in [0.25, 0.3) is 5.91 Å². The number of nitrogens with zero attached hydrogens (tertiary/aromatic N) is 1. The van der Waals surface area contributed by atoms with Gasteiger partial charge in [0.15, 0.2) is 11.5 Å². The molecule has 0 aromatic heterocycles. The van der Waals surface area contributed by atoms with Gasteiger partial charge in [-0.1, -0.05) is 6.92 Å². The molecule has 0 spiro atoms. The summed E-state index contributed by atoms with van der Waals surface area (Å²) in [5.41, 5.74) is 0.568. The molecule has 0 radical (unpaired) electrons. The first-order chi connectivity index (χ1) is 10.1. The Kier molecular flexibility index (Phi) is 4.94. The number of rotatable bonds is 4. The molecule has 21 heavy (non-hydrogen) atoms. The van der Waals surface area contributed by atoms with Crippen LogP contribution in [0.2, 0.25) is 0 Å². The van der Waals surface area contributed by atoms with Gasteiger partial charge in [0.05, 0.1) is 21.3 Å². The molecule has 1 atom stereocenters. The van der Waals surface area contributed by atoms with E-state index in [0.717, 1.165) is 19.5 Å². The largest absolute Gasteiger partial charge is 0.493 e. The van der Waals surface area contributed by atoms with Crippen molar-refractivity contribution in [2.75, 3.05) is 34.4 Å². The van der Waals surface area contributed by atoms with Crippen LogP contribution in [-0.4, -0.2) is 45.2 Å². The summed E-state index contributed by atoms with van der Waals surface area (Å²) in [5.74, 6) is 2.07. The average molecular weight is 293 g/mol. The minimum atomic E-state index is 0.0146. The Morgan fingerprint density at radius 2 is 1.76 bits per heavy atom. The highest BCUT2D eigenvalue weighted by atomic mass is 16.5. The van der Waals surface area contributed by atoms with E-state index in [1.165, 1.54) is 6.42 Å². The Morgan fingerprint density at radius 3 is 2.24 bits per heavy atom. The van der Waals surface area contributed by atoms with Crippen LogP contribution in [-0.2, 0) is 0 Å². The Bertz CT molecular complexity index is 490. The molecule has 0 bridgehead atoms. The van der Waals surface area contributed by atoms with Gasteiger partial charge in [0.1, 0.15) is 0 Å². The SMILES string of the molecule is COc1cc(C(=O)N2CCC[C@@H](C)C2)cc(OC)c1OC. The second-order valence-electron chi connectivity index (χ2n) is 5.41. The van der Waals surface area contributed by atoms with Crippen LogP contribution in [0.3, 0.4) is 0 Å². The van der Waals surface area contributed by atoms with E-state index >= 15 is 0 Å². The van der Waals surface area contributed by atoms with Crippen molar-refractivity contribution in [3.05, 3.63) is 17.7 Å². The van der Waals surface area contributed by atoms with E-state index in [1.54, 1.807) is 33.5 Å². The van der Waals surface area contributed by atoms with Crippen LogP contribution in [0, 0.1) is 5.92 Å². The van der Waals surface area contributed by atoms with Crippen molar-refractivity contribution < 1.29 is 19.0 Å². The van der Waals surface area contributed by atoms with Crippen molar-refractivity contribution in [3.8, 4) is 17.2 Å². The Hall–Kier alpha value is -1.91. The lowest BCUT2D eigenvalue weighted by Gasteiger charge is -2.31. The second-order valence-corrected chi connectivity index (χ2v) is 5.41. The third-order valence-electron chi connectivity index (χ3n) is 3.86. The molecular weight excluding hydrogens is 270 g/mol. The van der Waals surface area contributed by atoms with E-state index < -0.39 is 0 Å². The second kappa shape index (κ2) is 6.70. The van der Waals surface area contributed by atoms with Gasteiger partial charge in [0.2, 0.25) is 5.75 Å². The molecule has 1 amide bonds. The zero-order valence-corrected chi connectivity index (χ0v) is 13.1. The molecule has 1 aromatic carbocycles. The van der Waals surface area contributed by atoms with Gasteiger partial charge >= 0.3 is 0 Å². The van der Waals surface area contributed by atoms with E-state index in [-0.39, 0.29) is 5.91 Å². The number of amides is 1. The van der Waals surface area contributed by atoms with Crippen LogP contribution in [0.1, 0.15) is 30.1 Å². The van der Waals surface area contributed by atoms with E-state index in [1.807, 2.05) is 4.90 Å². The molecule has 1 fully saturated rings. The van der Waals surface area contributed by atoms with Gasteiger partial charge in [-0.25, -0.2) is 0 Å². The van der Waals surface area contributed by atoms with Crippen molar-refractivity contribution >= 4 is 5.91 Å². The van der Waals surface area contributed by atoms with E-state index in [0.29, 0.717) is 28.7 Å². The minimum Gasteiger partial charge on any atom is -0.493 e. The quantitative estimate of drug-likeness (QED) is 0.856. The Balaban J connectivity index is 2.32. The molecule has 116 valence electrons. The van der Waals surface area contributed by atoms with Gasteiger partial charge in [0, 0.05) is 18.7 Å². The summed E-state index contributed by atoms with van der Waals surface area (Å²) in [7, 11) is 4.65. The molecule has 1 saturated heterocycles. The molecule has 0 aliphatic carbocycles. The Labute approximate surface area is 125 Å². The maximum absolute atomic E-state index is 12.7. The third-order valence-corrected chi connectivity index (χ3v) is 3.86. The standard InChI is InChI=1S/C16H23NO4/c1-11-6-5-7-17(10-11)16(18)12-8-13(19-2)15(21-4)14(9-12)20-3/h8-9,11H,5-7,10H2,1-4H3/t11-/m1/s1. The molecule has 5 heteroatoms. The summed E-state index contributed by atoms with van der Waals surface area (Å²) < 4.78 is 15.9. The molecule has 1 heterocycles. The van der Waals surface area contributed by atoms with Crippen LogP contribution in [0.15, 0.2) is 12.1 Å². The molecule has 1 aliphatic heterocycles. The van der Waals surface area contributed by atoms with Gasteiger partial charge < -0.3 is 19.1 Å². The van der Waals surface area contributed by atoms with E-state index in [9.17, 15) is 4.79 Å². The van der Waals surface area contributed by atoms with Gasteiger partial charge in [-0.05, 0) is 30.9 Å². The van der Waals surface area contributed by atoms with E-state index in [4.69, 9.17) is 14.2 Å². The number of piperidine rings is 1. The number of benzene rings is 1. The monoisotopic (exact) mass is 293 g/mol. The van der Waals surface area contributed by atoms with Crippen molar-refractivity contribution in [2.45, 2.75) is 19.8 Å². The summed E-state index contributed by atoms with van der Waals surface area (Å²) in [6.45, 7) is 3.78. The van der Waals surface area contributed by atoms with Crippen molar-refractivity contribution in [1.29, 1.82) is 0 Å². The maximum atomic E-state index is 12.7. The summed E-state index contributed by atoms with van der Waals surface area (Å²) in [5, 5.41) is 0. The summed E-state index contributed by atoms with van der Waals surface area (Å²) in [6, 6.07) is 3.42. The minimum absolute atomic E-state index is 0.0146. The summed E-state index contributed by atoms with van der Waals surface area (Å²) in [4.78, 5) is 14.6. The lowest BCUT2D eigenvalue weighted by molar-refractivity contribution is 0.0682. The average Bonchev–Trinajstić information content (AvgIpc) is 2.52. The first-order valence-electron chi connectivity index (χ1n) is 7.20. The van der Waals surface area contributed by atoms with Crippen LogP contribution in [0.25, 0.3) is 0 Å². The smallest absolute Gasteiger partial charge is 0.254 e. The van der Waals surface area contributed by atoms with Gasteiger partial charge in [-0.15, -0.1) is 0 Å². The fraction of sp³-hybridized carbons (Fsp3) is 0.562. The number of carbonyl (C=O) groups excluding carboxylic acids is 1. The fourth-order valence-electron chi connectivity index (χ4n) is 2.76. The summed E-state index contributed by atoms with van der Waals surface area (Å²) >= 11 is 0. The zero-order valence-electron chi connectivity index (χ0n) is 13.1. The zero-order chi connectivity index (χ0) is 15.4. The van der Waals surface area contributed by atoms with Crippen molar-refractivity contribution in [3.63, 3.8) is 0 Å². The lowest BCUT2D eigenvalue weighted by atomic mass is 9.99. The lowest BCUT2D eigenvalue weighted by Crippen LogP contribution is -2.39. The predicted octanol–water partition coefficient (Wildman–Crippen LogP) is 2.58. The maximum Gasteiger partial charge on any atom is 0.254 e. The molecular formula is C16H23NO4. The van der Waals surface area contributed by atoms with E-state index in [2.05, 4.69) is 6.92 Å². The molecule has 1 aromatic rings. The first kappa shape index (κ1) is 15.5. The fourth-order valence-corrected chi connectivity index (χ4v) is 2.76. The molecule has 0 saturated carbocycles. The molecule has 2 rings (SSSR count).